The molecule has 1 rings (SSSR count). The lowest BCUT2D eigenvalue weighted by molar-refractivity contribution is -0.121. The number of nitrogens with one attached hydrogen (secondary N) is 3. The second-order valence-electron chi connectivity index (χ2n) is 6.99. The molecule has 6 nitrogen and oxygen atoms in total. The van der Waals surface area contributed by atoms with Gasteiger partial charge in [-0.1, -0.05) is 30.3 Å². The third-order valence-corrected chi connectivity index (χ3v) is 3.42. The Morgan fingerprint density at radius 2 is 1.76 bits per heavy atom. The van der Waals surface area contributed by atoms with Gasteiger partial charge < -0.3 is 20.9 Å². The molecule has 0 aliphatic heterocycles. The number of hydrogen-bond donors (Lipinski definition) is 3. The monoisotopic (exact) mass is 461 g/mol. The Hall–Kier alpha value is -1.35. The molecular weight excluding hydrogens is 429 g/mol. The molecule has 7 heteroatoms. The van der Waals surface area contributed by atoms with Gasteiger partial charge in [0.05, 0.1) is 12.6 Å². The molecule has 0 radical (unpaired) electrons. The number of amides is 1. The molecule has 0 fully saturated rings. The van der Waals surface area contributed by atoms with Crippen LogP contribution < -0.4 is 16.0 Å². The van der Waals surface area contributed by atoms with Crippen LogP contribution in [0.5, 0.6) is 0 Å². The minimum atomic E-state index is -0.237. The molecule has 0 heterocycles. The van der Waals surface area contributed by atoms with Gasteiger partial charge in [0.1, 0.15) is 0 Å². The lowest BCUT2D eigenvalue weighted by Crippen LogP contribution is -2.49. The van der Waals surface area contributed by atoms with Crippen LogP contribution in [0.1, 0.15) is 32.4 Å². The summed E-state index contributed by atoms with van der Waals surface area (Å²) >= 11 is 0. The number of carbonyl (C=O) groups is 1. The first kappa shape index (κ1) is 23.6. The van der Waals surface area contributed by atoms with Crippen LogP contribution in [0.15, 0.2) is 35.3 Å². The summed E-state index contributed by atoms with van der Waals surface area (Å²) in [6.45, 7) is 6.75. The number of guanidine groups is 1. The standard InChI is InChI=1S/C18H31N5O.HI/c1-18(2,3)22-16(24)13-21-17(19-4)20-12-15(23(5)6)14-10-8-7-9-11-14;/h7-11,15H,12-13H2,1-6H3,(H,22,24)(H2,19,20,21);1H. The molecule has 3 N–H and O–H groups in total. The van der Waals surface area contributed by atoms with Crippen LogP contribution >= 0.6 is 24.0 Å². The fourth-order valence-electron chi connectivity index (χ4n) is 2.31. The molecule has 1 atom stereocenters. The fourth-order valence-corrected chi connectivity index (χ4v) is 2.31. The normalized spacial score (nSPS) is 13.0. The predicted molar refractivity (Wildman–Crippen MR) is 116 cm³/mol. The van der Waals surface area contributed by atoms with Gasteiger partial charge in [-0.25, -0.2) is 0 Å². The second-order valence-corrected chi connectivity index (χ2v) is 6.99. The van der Waals surface area contributed by atoms with Crippen LogP contribution in [-0.4, -0.2) is 56.5 Å². The van der Waals surface area contributed by atoms with Crippen LogP contribution in [0.2, 0.25) is 0 Å². The SMILES string of the molecule is CN=C(NCC(=O)NC(C)(C)C)NCC(c1ccccc1)N(C)C.I. The maximum atomic E-state index is 11.9. The van der Waals surface area contributed by atoms with Crippen LogP contribution in [0.4, 0.5) is 0 Å². The quantitative estimate of drug-likeness (QED) is 0.345. The lowest BCUT2D eigenvalue weighted by atomic mass is 10.1. The van der Waals surface area contributed by atoms with E-state index in [1.165, 1.54) is 5.56 Å². The summed E-state index contributed by atoms with van der Waals surface area (Å²) in [4.78, 5) is 18.2. The molecule has 0 bridgehead atoms. The van der Waals surface area contributed by atoms with Gasteiger partial charge in [0.15, 0.2) is 5.96 Å². The van der Waals surface area contributed by atoms with E-state index in [-0.39, 0.29) is 48.0 Å². The average Bonchev–Trinajstić information content (AvgIpc) is 2.49. The van der Waals surface area contributed by atoms with Crippen molar-refractivity contribution in [2.24, 2.45) is 4.99 Å². The highest BCUT2D eigenvalue weighted by molar-refractivity contribution is 14.0. The van der Waals surface area contributed by atoms with Crippen molar-refractivity contribution in [1.29, 1.82) is 0 Å². The predicted octanol–water partition coefficient (Wildman–Crippen LogP) is 1.99. The summed E-state index contributed by atoms with van der Waals surface area (Å²) in [5.41, 5.74) is 0.995. The van der Waals surface area contributed by atoms with Crippen molar-refractivity contribution in [3.8, 4) is 0 Å². The van der Waals surface area contributed by atoms with E-state index in [1.807, 2.05) is 53.1 Å². The molecule has 142 valence electrons. The van der Waals surface area contributed by atoms with Crippen molar-refractivity contribution in [3.05, 3.63) is 35.9 Å². The minimum Gasteiger partial charge on any atom is -0.354 e. The first-order valence-electron chi connectivity index (χ1n) is 8.20. The molecule has 0 aliphatic carbocycles. The molecule has 25 heavy (non-hydrogen) atoms. The van der Waals surface area contributed by atoms with Crippen molar-refractivity contribution in [3.63, 3.8) is 0 Å². The fraction of sp³-hybridized carbons (Fsp3) is 0.556. The summed E-state index contributed by atoms with van der Waals surface area (Å²) in [6.07, 6.45) is 0. The first-order valence-corrected chi connectivity index (χ1v) is 8.20. The zero-order valence-corrected chi connectivity index (χ0v) is 18.4. The van der Waals surface area contributed by atoms with E-state index in [9.17, 15) is 4.79 Å². The average molecular weight is 461 g/mol. The number of rotatable bonds is 6. The maximum Gasteiger partial charge on any atom is 0.239 e. The zero-order valence-electron chi connectivity index (χ0n) is 16.1. The highest BCUT2D eigenvalue weighted by Crippen LogP contribution is 2.16. The number of nitrogens with zero attached hydrogens (tertiary/aromatic N) is 2. The van der Waals surface area contributed by atoms with Gasteiger partial charge >= 0.3 is 0 Å². The van der Waals surface area contributed by atoms with E-state index >= 15 is 0 Å². The van der Waals surface area contributed by atoms with Crippen LogP contribution in [0.25, 0.3) is 0 Å². The summed E-state index contributed by atoms with van der Waals surface area (Å²) in [7, 11) is 5.79. The van der Waals surface area contributed by atoms with E-state index in [0.717, 1.165) is 0 Å². The number of carbonyl (C=O) groups excluding carboxylic acids is 1. The molecule has 1 aromatic carbocycles. The third-order valence-electron chi connectivity index (χ3n) is 3.42. The number of hydrogen-bond acceptors (Lipinski definition) is 3. The maximum absolute atomic E-state index is 11.9. The molecule has 1 amide bonds. The van der Waals surface area contributed by atoms with Gasteiger partial charge in [-0.15, -0.1) is 24.0 Å². The summed E-state index contributed by atoms with van der Waals surface area (Å²) in [6, 6.07) is 10.5. The van der Waals surface area contributed by atoms with Gasteiger partial charge in [-0.2, -0.15) is 0 Å². The van der Waals surface area contributed by atoms with Crippen molar-refractivity contribution in [2.45, 2.75) is 32.4 Å². The van der Waals surface area contributed by atoms with Gasteiger partial charge in [-0.05, 0) is 40.4 Å². The van der Waals surface area contributed by atoms with Crippen molar-refractivity contribution >= 4 is 35.8 Å². The smallest absolute Gasteiger partial charge is 0.239 e. The Morgan fingerprint density at radius 3 is 2.24 bits per heavy atom. The number of aliphatic imine (C=N–C) groups is 1. The number of benzene rings is 1. The van der Waals surface area contributed by atoms with Crippen LogP contribution in [-0.2, 0) is 4.79 Å². The van der Waals surface area contributed by atoms with Gasteiger partial charge in [0, 0.05) is 19.1 Å². The molecular formula is C18H32IN5O. The Morgan fingerprint density at radius 1 is 1.16 bits per heavy atom. The van der Waals surface area contributed by atoms with Gasteiger partial charge in [-0.3, -0.25) is 9.79 Å². The Bertz CT molecular complexity index is 540. The van der Waals surface area contributed by atoms with Crippen molar-refractivity contribution in [2.75, 3.05) is 34.2 Å². The lowest BCUT2D eigenvalue weighted by Gasteiger charge is -2.26. The molecule has 0 saturated heterocycles. The van der Waals surface area contributed by atoms with E-state index in [1.54, 1.807) is 7.05 Å². The summed E-state index contributed by atoms with van der Waals surface area (Å²) < 4.78 is 0. The summed E-state index contributed by atoms with van der Waals surface area (Å²) in [5.74, 6) is 0.555. The summed E-state index contributed by atoms with van der Waals surface area (Å²) in [5, 5.41) is 9.25. The Balaban J connectivity index is 0.00000576. The van der Waals surface area contributed by atoms with Crippen LogP contribution in [0, 0.1) is 0 Å². The molecule has 0 spiro atoms. The molecule has 0 aliphatic rings. The van der Waals surface area contributed by atoms with Gasteiger partial charge in [0.25, 0.3) is 0 Å². The third kappa shape index (κ3) is 9.64. The number of likely N-dealkylation sites (N-methyl/N-ethyl adjacent to an activating group) is 1. The number of halogens is 1. The molecule has 0 aromatic heterocycles. The van der Waals surface area contributed by atoms with E-state index in [0.29, 0.717) is 12.5 Å². The van der Waals surface area contributed by atoms with Crippen molar-refractivity contribution in [1.82, 2.24) is 20.9 Å². The molecule has 0 saturated carbocycles. The zero-order chi connectivity index (χ0) is 18.2. The van der Waals surface area contributed by atoms with Crippen LogP contribution in [0.3, 0.4) is 0 Å². The largest absolute Gasteiger partial charge is 0.354 e. The first-order chi connectivity index (χ1) is 11.2. The van der Waals surface area contributed by atoms with Gasteiger partial charge in [0.2, 0.25) is 5.91 Å². The van der Waals surface area contributed by atoms with E-state index in [4.69, 9.17) is 0 Å². The topological polar surface area (TPSA) is 68.8 Å². The van der Waals surface area contributed by atoms with Crippen molar-refractivity contribution < 1.29 is 4.79 Å². The molecule has 1 unspecified atom stereocenters. The Labute approximate surface area is 168 Å². The van der Waals surface area contributed by atoms with E-state index in [2.05, 4.69) is 38.0 Å². The molecule has 1 aromatic rings. The Kier molecular flexibility index (Phi) is 10.7. The highest BCUT2D eigenvalue weighted by atomic mass is 127. The minimum absolute atomic E-state index is 0. The highest BCUT2D eigenvalue weighted by Gasteiger charge is 2.16. The van der Waals surface area contributed by atoms with E-state index < -0.39 is 0 Å². The second kappa shape index (κ2) is 11.3.